The van der Waals surface area contributed by atoms with Crippen molar-refractivity contribution < 1.29 is 14.3 Å². The summed E-state index contributed by atoms with van der Waals surface area (Å²) in [7, 11) is 1.27. The van der Waals surface area contributed by atoms with E-state index >= 15 is 0 Å². The number of nitrogens with one attached hydrogen (secondary N) is 1. The van der Waals surface area contributed by atoms with Crippen molar-refractivity contribution in [2.75, 3.05) is 12.4 Å². The van der Waals surface area contributed by atoms with Gasteiger partial charge in [-0.15, -0.1) is 10.2 Å². The van der Waals surface area contributed by atoms with Crippen LogP contribution in [0, 0.1) is 0 Å². The Hall–Kier alpha value is -3.20. The third kappa shape index (κ3) is 3.89. The number of benzene rings is 1. The molecule has 0 atom stereocenters. The predicted octanol–water partition coefficient (Wildman–Crippen LogP) is 2.74. The topological polar surface area (TPSA) is 107 Å². The molecule has 0 aliphatic rings. The zero-order valence-corrected chi connectivity index (χ0v) is 15.1. The van der Waals surface area contributed by atoms with Gasteiger partial charge in [-0.1, -0.05) is 15.9 Å². The lowest BCUT2D eigenvalue weighted by molar-refractivity contribution is 0.0602. The molecule has 1 aromatic carbocycles. The Labute approximate surface area is 156 Å². The quantitative estimate of drug-likeness (QED) is 0.655. The van der Waals surface area contributed by atoms with Gasteiger partial charge in [0.25, 0.3) is 5.91 Å². The second-order valence-corrected chi connectivity index (χ2v) is 5.99. The molecule has 0 saturated carbocycles. The molecule has 0 aliphatic carbocycles. The SMILES string of the molecule is COC(=O)c1cc(Br)ccc1NC(=O)c1ccc(-c2ccnnc2)nn1. The second-order valence-electron chi connectivity index (χ2n) is 5.07. The van der Waals surface area contributed by atoms with E-state index in [0.29, 0.717) is 15.9 Å². The molecule has 9 heteroatoms. The van der Waals surface area contributed by atoms with Crippen molar-refractivity contribution in [3.8, 4) is 11.3 Å². The summed E-state index contributed by atoms with van der Waals surface area (Å²) < 4.78 is 5.42. The van der Waals surface area contributed by atoms with Gasteiger partial charge in [-0.3, -0.25) is 4.79 Å². The van der Waals surface area contributed by atoms with Crippen molar-refractivity contribution in [3.05, 3.63) is 64.5 Å². The molecule has 0 bridgehead atoms. The number of methoxy groups -OCH3 is 1. The summed E-state index contributed by atoms with van der Waals surface area (Å²) in [5.74, 6) is -1.06. The van der Waals surface area contributed by atoms with E-state index in [2.05, 4.69) is 41.6 Å². The molecule has 0 radical (unpaired) electrons. The molecule has 130 valence electrons. The number of hydrogen-bond acceptors (Lipinski definition) is 7. The lowest BCUT2D eigenvalue weighted by Crippen LogP contribution is -2.17. The van der Waals surface area contributed by atoms with Crippen LogP contribution in [0.1, 0.15) is 20.8 Å². The van der Waals surface area contributed by atoms with E-state index in [9.17, 15) is 9.59 Å². The molecule has 2 heterocycles. The molecule has 8 nitrogen and oxygen atoms in total. The number of anilines is 1. The fraction of sp³-hybridized carbons (Fsp3) is 0.0588. The summed E-state index contributed by atoms with van der Waals surface area (Å²) in [6.45, 7) is 0. The van der Waals surface area contributed by atoms with E-state index in [0.717, 1.165) is 5.56 Å². The van der Waals surface area contributed by atoms with Crippen molar-refractivity contribution in [3.63, 3.8) is 0 Å². The first kappa shape index (κ1) is 17.6. The third-order valence-electron chi connectivity index (χ3n) is 3.41. The first-order valence-corrected chi connectivity index (χ1v) is 8.18. The summed E-state index contributed by atoms with van der Waals surface area (Å²) in [5, 5.41) is 18.1. The first-order valence-electron chi connectivity index (χ1n) is 7.38. The molecule has 26 heavy (non-hydrogen) atoms. The first-order chi connectivity index (χ1) is 12.6. The van der Waals surface area contributed by atoms with Gasteiger partial charge in [0.1, 0.15) is 0 Å². The zero-order valence-electron chi connectivity index (χ0n) is 13.5. The highest BCUT2D eigenvalue weighted by atomic mass is 79.9. The number of amides is 1. The van der Waals surface area contributed by atoms with Gasteiger partial charge in [-0.25, -0.2) is 4.79 Å². The maximum Gasteiger partial charge on any atom is 0.340 e. The van der Waals surface area contributed by atoms with Crippen molar-refractivity contribution in [2.24, 2.45) is 0 Å². The van der Waals surface area contributed by atoms with Gasteiger partial charge in [0.05, 0.1) is 36.4 Å². The van der Waals surface area contributed by atoms with E-state index in [1.165, 1.54) is 13.2 Å². The Kier molecular flexibility index (Phi) is 5.28. The summed E-state index contributed by atoms with van der Waals surface area (Å²) in [6.07, 6.45) is 3.09. The molecule has 3 aromatic rings. The zero-order chi connectivity index (χ0) is 18.5. The Bertz CT molecular complexity index is 948. The average Bonchev–Trinajstić information content (AvgIpc) is 2.69. The number of aromatic nitrogens is 4. The molecule has 0 fully saturated rings. The van der Waals surface area contributed by atoms with E-state index in [1.54, 1.807) is 42.7 Å². The molecular formula is C17H12BrN5O3. The summed E-state index contributed by atoms with van der Waals surface area (Å²) >= 11 is 3.28. The number of carbonyl (C=O) groups is 2. The number of rotatable bonds is 4. The highest BCUT2D eigenvalue weighted by molar-refractivity contribution is 9.10. The van der Waals surface area contributed by atoms with Crippen LogP contribution in [0.25, 0.3) is 11.3 Å². The highest BCUT2D eigenvalue weighted by Crippen LogP contribution is 2.22. The molecule has 0 unspecified atom stereocenters. The van der Waals surface area contributed by atoms with Gasteiger partial charge in [0.15, 0.2) is 5.69 Å². The molecule has 1 amide bonds. The summed E-state index contributed by atoms with van der Waals surface area (Å²) in [6, 6.07) is 9.79. The minimum atomic E-state index is -0.562. The second kappa shape index (κ2) is 7.79. The van der Waals surface area contributed by atoms with Crippen molar-refractivity contribution in [1.29, 1.82) is 0 Å². The van der Waals surface area contributed by atoms with E-state index in [4.69, 9.17) is 4.74 Å². The normalized spacial score (nSPS) is 10.2. The number of esters is 1. The van der Waals surface area contributed by atoms with Crippen LogP contribution in [0.2, 0.25) is 0 Å². The van der Waals surface area contributed by atoms with Gasteiger partial charge >= 0.3 is 5.97 Å². The number of carbonyl (C=O) groups excluding carboxylic acids is 2. The van der Waals surface area contributed by atoms with E-state index < -0.39 is 11.9 Å². The van der Waals surface area contributed by atoms with E-state index in [-0.39, 0.29) is 11.3 Å². The Morgan fingerprint density at radius 2 is 1.92 bits per heavy atom. The Morgan fingerprint density at radius 3 is 2.58 bits per heavy atom. The van der Waals surface area contributed by atoms with Gasteiger partial charge in [-0.2, -0.15) is 10.2 Å². The van der Waals surface area contributed by atoms with Gasteiger partial charge < -0.3 is 10.1 Å². The van der Waals surface area contributed by atoms with Gasteiger partial charge in [-0.05, 0) is 36.4 Å². The number of hydrogen-bond donors (Lipinski definition) is 1. The summed E-state index contributed by atoms with van der Waals surface area (Å²) in [4.78, 5) is 24.3. The average molecular weight is 414 g/mol. The molecule has 2 aromatic heterocycles. The molecule has 0 saturated heterocycles. The maximum absolute atomic E-state index is 12.4. The van der Waals surface area contributed by atoms with Crippen LogP contribution in [0.5, 0.6) is 0 Å². The minimum Gasteiger partial charge on any atom is -0.465 e. The predicted molar refractivity (Wildman–Crippen MR) is 96.5 cm³/mol. The van der Waals surface area contributed by atoms with E-state index in [1.807, 2.05) is 0 Å². The standard InChI is InChI=1S/C17H12BrN5O3/c1-26-17(25)12-8-11(18)2-3-14(12)21-16(24)15-5-4-13(22-23-15)10-6-7-19-20-9-10/h2-9H,1H3,(H,21,24). The summed E-state index contributed by atoms with van der Waals surface area (Å²) in [5.41, 5.74) is 1.95. The van der Waals surface area contributed by atoms with Crippen LogP contribution in [-0.4, -0.2) is 39.4 Å². The fourth-order valence-corrected chi connectivity index (χ4v) is 2.50. The molecule has 3 rings (SSSR count). The maximum atomic E-state index is 12.4. The molecule has 0 aliphatic heterocycles. The number of ether oxygens (including phenoxy) is 1. The number of nitrogens with zero attached hydrogens (tertiary/aromatic N) is 4. The number of halogens is 1. The lowest BCUT2D eigenvalue weighted by Gasteiger charge is -2.10. The van der Waals surface area contributed by atoms with Crippen LogP contribution in [0.3, 0.4) is 0 Å². The monoisotopic (exact) mass is 413 g/mol. The van der Waals surface area contributed by atoms with Crippen LogP contribution < -0.4 is 5.32 Å². The Balaban J connectivity index is 1.82. The molecular weight excluding hydrogens is 402 g/mol. The van der Waals surface area contributed by atoms with Crippen LogP contribution in [-0.2, 0) is 4.74 Å². The fourth-order valence-electron chi connectivity index (χ4n) is 2.14. The molecule has 1 N–H and O–H groups in total. The van der Waals surface area contributed by atoms with Crippen LogP contribution in [0.15, 0.2) is 53.3 Å². The largest absolute Gasteiger partial charge is 0.465 e. The van der Waals surface area contributed by atoms with Crippen LogP contribution >= 0.6 is 15.9 Å². The van der Waals surface area contributed by atoms with Gasteiger partial charge in [0, 0.05) is 10.0 Å². The smallest absolute Gasteiger partial charge is 0.340 e. The minimum absolute atomic E-state index is 0.106. The lowest BCUT2D eigenvalue weighted by atomic mass is 10.1. The molecule has 0 spiro atoms. The van der Waals surface area contributed by atoms with Crippen molar-refractivity contribution in [2.45, 2.75) is 0 Å². The third-order valence-corrected chi connectivity index (χ3v) is 3.91. The van der Waals surface area contributed by atoms with Gasteiger partial charge in [0.2, 0.25) is 0 Å². The Morgan fingerprint density at radius 1 is 1.08 bits per heavy atom. The van der Waals surface area contributed by atoms with Crippen molar-refractivity contribution in [1.82, 2.24) is 20.4 Å². The van der Waals surface area contributed by atoms with Crippen LogP contribution in [0.4, 0.5) is 5.69 Å². The van der Waals surface area contributed by atoms with Crippen molar-refractivity contribution >= 4 is 33.5 Å². The highest BCUT2D eigenvalue weighted by Gasteiger charge is 2.16.